The van der Waals surface area contributed by atoms with Gasteiger partial charge in [-0.15, -0.1) is 0 Å². The molecule has 3 N–H and O–H groups in total. The van der Waals surface area contributed by atoms with Crippen molar-refractivity contribution in [2.24, 2.45) is 0 Å². The summed E-state index contributed by atoms with van der Waals surface area (Å²) in [5.41, 5.74) is 0. The van der Waals surface area contributed by atoms with Crippen LogP contribution in [0, 0.1) is 0 Å². The monoisotopic (exact) mass is 208 g/mol. The van der Waals surface area contributed by atoms with Crippen LogP contribution in [0.1, 0.15) is 0 Å². The molecule has 0 saturated carbocycles. The van der Waals surface area contributed by atoms with Crippen LogP contribution in [0.5, 0.6) is 0 Å². The molecule has 0 aliphatic heterocycles. The highest BCUT2D eigenvalue weighted by atomic mass is 79.9. The Hall–Kier alpha value is 0.1000. The fourth-order valence-corrected chi connectivity index (χ4v) is 1.33. The van der Waals surface area contributed by atoms with E-state index in [0.29, 0.717) is 0 Å². The Morgan fingerprint density at radius 2 is 1.60 bits per heavy atom. The molecule has 0 radical (unpaired) electrons. The normalized spacial score (nSPS) is 47.6. The zero-order chi connectivity index (χ0) is 7.72. The molecule has 0 aromatic heterocycles. The standard InChI is InChI=1S/C6H9BrO3/c7-3-1-2-4(8)6(10)5(3)9/h1-6,8-10H/t3-,4+,5+,6-/m0/s1. The number of hydrogen-bond donors (Lipinski definition) is 3. The first-order valence-corrected chi connectivity index (χ1v) is 3.91. The minimum atomic E-state index is -1.07. The van der Waals surface area contributed by atoms with E-state index in [1.165, 1.54) is 6.08 Å². The molecule has 0 heterocycles. The number of rotatable bonds is 0. The van der Waals surface area contributed by atoms with Crippen molar-refractivity contribution >= 4 is 15.9 Å². The van der Waals surface area contributed by atoms with Crippen molar-refractivity contribution in [3.8, 4) is 0 Å². The molecule has 1 aliphatic rings. The summed E-state index contributed by atoms with van der Waals surface area (Å²) in [6.07, 6.45) is 0.136. The van der Waals surface area contributed by atoms with Gasteiger partial charge in [0.25, 0.3) is 0 Å². The quantitative estimate of drug-likeness (QED) is 0.369. The third-order valence-corrected chi connectivity index (χ3v) is 2.37. The second-order valence-corrected chi connectivity index (χ2v) is 3.36. The minimum Gasteiger partial charge on any atom is -0.389 e. The number of halogens is 1. The van der Waals surface area contributed by atoms with Crippen LogP contribution in [0.25, 0.3) is 0 Å². The first-order valence-electron chi connectivity index (χ1n) is 2.99. The van der Waals surface area contributed by atoms with Crippen LogP contribution in [0.2, 0.25) is 0 Å². The first kappa shape index (κ1) is 8.20. The van der Waals surface area contributed by atoms with E-state index < -0.39 is 18.3 Å². The lowest BCUT2D eigenvalue weighted by atomic mass is 9.99. The largest absolute Gasteiger partial charge is 0.389 e. The summed E-state index contributed by atoms with van der Waals surface area (Å²) < 4.78 is 0. The van der Waals surface area contributed by atoms with Gasteiger partial charge < -0.3 is 15.3 Å². The molecule has 1 rings (SSSR count). The second-order valence-electron chi connectivity index (χ2n) is 2.30. The highest BCUT2D eigenvalue weighted by Gasteiger charge is 2.30. The third kappa shape index (κ3) is 1.40. The summed E-state index contributed by atoms with van der Waals surface area (Å²) in [5.74, 6) is 0. The molecule has 3 nitrogen and oxygen atoms in total. The molecule has 0 aromatic carbocycles. The summed E-state index contributed by atoms with van der Waals surface area (Å²) in [6.45, 7) is 0. The van der Waals surface area contributed by atoms with Crippen LogP contribution >= 0.6 is 15.9 Å². The van der Waals surface area contributed by atoms with E-state index in [-0.39, 0.29) is 4.83 Å². The first-order chi connectivity index (χ1) is 4.63. The number of aliphatic hydroxyl groups is 3. The van der Waals surface area contributed by atoms with Crippen molar-refractivity contribution in [2.45, 2.75) is 23.1 Å². The lowest BCUT2D eigenvalue weighted by Crippen LogP contribution is -2.43. The maximum atomic E-state index is 9.11. The van der Waals surface area contributed by atoms with Gasteiger partial charge in [-0.2, -0.15) is 0 Å². The molecule has 0 fully saturated rings. The van der Waals surface area contributed by atoms with Crippen molar-refractivity contribution in [1.82, 2.24) is 0 Å². The van der Waals surface area contributed by atoms with Crippen LogP contribution < -0.4 is 0 Å². The Morgan fingerprint density at radius 3 is 2.10 bits per heavy atom. The van der Waals surface area contributed by atoms with Crippen LogP contribution in [-0.2, 0) is 0 Å². The van der Waals surface area contributed by atoms with E-state index in [0.717, 1.165) is 0 Å². The van der Waals surface area contributed by atoms with Crippen molar-refractivity contribution in [1.29, 1.82) is 0 Å². The van der Waals surface area contributed by atoms with Gasteiger partial charge in [0.2, 0.25) is 0 Å². The Kier molecular flexibility index (Phi) is 2.46. The molecular formula is C6H9BrO3. The molecule has 58 valence electrons. The maximum absolute atomic E-state index is 9.11. The van der Waals surface area contributed by atoms with Crippen LogP contribution in [-0.4, -0.2) is 38.5 Å². The lowest BCUT2D eigenvalue weighted by molar-refractivity contribution is -0.0422. The Labute approximate surface area is 67.1 Å². The van der Waals surface area contributed by atoms with E-state index in [1.54, 1.807) is 6.08 Å². The lowest BCUT2D eigenvalue weighted by Gasteiger charge is -2.27. The fourth-order valence-electron chi connectivity index (χ4n) is 0.838. The van der Waals surface area contributed by atoms with Gasteiger partial charge in [-0.25, -0.2) is 0 Å². The number of hydrogen-bond acceptors (Lipinski definition) is 3. The van der Waals surface area contributed by atoms with Gasteiger partial charge in [0, 0.05) is 0 Å². The highest BCUT2D eigenvalue weighted by Crippen LogP contribution is 2.19. The molecule has 0 aromatic rings. The molecule has 0 amide bonds. The van der Waals surface area contributed by atoms with Crippen LogP contribution in [0.4, 0.5) is 0 Å². The smallest absolute Gasteiger partial charge is 0.111 e. The van der Waals surface area contributed by atoms with Gasteiger partial charge in [0.1, 0.15) is 12.2 Å². The number of alkyl halides is 1. The highest BCUT2D eigenvalue weighted by molar-refractivity contribution is 9.09. The SMILES string of the molecule is O[C@@H]1[C@H](O)[C@@H](Br)C=C[C@H]1O. The summed E-state index contributed by atoms with van der Waals surface area (Å²) in [4.78, 5) is -0.258. The van der Waals surface area contributed by atoms with Crippen LogP contribution in [0.3, 0.4) is 0 Å². The summed E-state index contributed by atoms with van der Waals surface area (Å²) in [5, 5.41) is 27.1. The third-order valence-electron chi connectivity index (χ3n) is 1.52. The van der Waals surface area contributed by atoms with Gasteiger partial charge in [-0.1, -0.05) is 28.1 Å². The molecule has 1 aliphatic carbocycles. The Balaban J connectivity index is 2.69. The maximum Gasteiger partial charge on any atom is 0.111 e. The van der Waals surface area contributed by atoms with Crippen molar-refractivity contribution < 1.29 is 15.3 Å². The van der Waals surface area contributed by atoms with E-state index in [4.69, 9.17) is 15.3 Å². The summed E-state index contributed by atoms with van der Waals surface area (Å²) in [7, 11) is 0. The molecule has 0 spiro atoms. The molecular weight excluding hydrogens is 200 g/mol. The van der Waals surface area contributed by atoms with Gasteiger partial charge >= 0.3 is 0 Å². The van der Waals surface area contributed by atoms with E-state index in [9.17, 15) is 0 Å². The van der Waals surface area contributed by atoms with Gasteiger partial charge in [0.05, 0.1) is 10.9 Å². The fraction of sp³-hybridized carbons (Fsp3) is 0.667. The molecule has 0 unspecified atom stereocenters. The molecule has 10 heavy (non-hydrogen) atoms. The topological polar surface area (TPSA) is 60.7 Å². The van der Waals surface area contributed by atoms with Crippen molar-refractivity contribution in [2.75, 3.05) is 0 Å². The summed E-state index contributed by atoms with van der Waals surface area (Å²) >= 11 is 3.11. The Bertz CT molecular complexity index is 132. The predicted octanol–water partition coefficient (Wildman–Crippen LogP) is -0.598. The molecule has 0 bridgehead atoms. The zero-order valence-electron chi connectivity index (χ0n) is 5.18. The molecule has 0 saturated heterocycles. The van der Waals surface area contributed by atoms with E-state index >= 15 is 0 Å². The minimum absolute atomic E-state index is 0.258. The average molecular weight is 209 g/mol. The Morgan fingerprint density at radius 1 is 1.00 bits per heavy atom. The average Bonchev–Trinajstić information content (AvgIpc) is 1.93. The summed E-state index contributed by atoms with van der Waals surface area (Å²) in [6, 6.07) is 0. The van der Waals surface area contributed by atoms with E-state index in [1.807, 2.05) is 0 Å². The number of aliphatic hydroxyl groups excluding tert-OH is 3. The van der Waals surface area contributed by atoms with Gasteiger partial charge in [-0.3, -0.25) is 0 Å². The zero-order valence-corrected chi connectivity index (χ0v) is 6.77. The van der Waals surface area contributed by atoms with Gasteiger partial charge in [-0.05, 0) is 0 Å². The molecule has 4 heteroatoms. The molecule has 4 atom stereocenters. The van der Waals surface area contributed by atoms with Crippen molar-refractivity contribution in [3.05, 3.63) is 12.2 Å². The second kappa shape index (κ2) is 3.00. The van der Waals surface area contributed by atoms with Gasteiger partial charge in [0.15, 0.2) is 0 Å². The van der Waals surface area contributed by atoms with E-state index in [2.05, 4.69) is 15.9 Å². The van der Waals surface area contributed by atoms with Crippen molar-refractivity contribution in [3.63, 3.8) is 0 Å². The predicted molar refractivity (Wildman–Crippen MR) is 39.9 cm³/mol. The van der Waals surface area contributed by atoms with Crippen LogP contribution in [0.15, 0.2) is 12.2 Å².